The van der Waals surface area contributed by atoms with Gasteiger partial charge in [0.05, 0.1) is 18.7 Å². The van der Waals surface area contributed by atoms with Crippen LogP contribution in [-0.2, 0) is 16.0 Å². The molecule has 3 aromatic rings. The first kappa shape index (κ1) is 22.7. The van der Waals surface area contributed by atoms with Gasteiger partial charge in [0.15, 0.2) is 0 Å². The molecule has 5 rings (SSSR count). The molecule has 1 fully saturated rings. The second-order valence-corrected chi connectivity index (χ2v) is 9.17. The predicted octanol–water partition coefficient (Wildman–Crippen LogP) is 5.26. The third-order valence-electron chi connectivity index (χ3n) is 6.81. The number of hydrogen-bond donors (Lipinski definition) is 1. The van der Waals surface area contributed by atoms with Gasteiger partial charge in [0, 0.05) is 17.7 Å². The Morgan fingerprint density at radius 2 is 1.74 bits per heavy atom. The fourth-order valence-electron chi connectivity index (χ4n) is 4.80. The van der Waals surface area contributed by atoms with Crippen molar-refractivity contribution in [2.24, 2.45) is 0 Å². The molecule has 2 aliphatic heterocycles. The Balaban J connectivity index is 1.69. The highest BCUT2D eigenvalue weighted by Crippen LogP contribution is 2.43. The number of ether oxygens (including phenoxy) is 2. The van der Waals surface area contributed by atoms with Crippen LogP contribution >= 0.6 is 0 Å². The molecular formula is C29H27NO5. The van der Waals surface area contributed by atoms with E-state index in [-0.39, 0.29) is 17.4 Å². The van der Waals surface area contributed by atoms with E-state index in [9.17, 15) is 14.7 Å². The molecule has 6 nitrogen and oxygen atoms in total. The zero-order valence-corrected chi connectivity index (χ0v) is 20.2. The second kappa shape index (κ2) is 8.62. The number of carbonyl (C=O) groups is 2. The Hall–Kier alpha value is -4.06. The molecule has 2 heterocycles. The van der Waals surface area contributed by atoms with E-state index in [1.807, 2.05) is 57.2 Å². The van der Waals surface area contributed by atoms with Gasteiger partial charge in [0.25, 0.3) is 11.7 Å². The summed E-state index contributed by atoms with van der Waals surface area (Å²) in [7, 11) is 1.58. The number of benzene rings is 3. The minimum absolute atomic E-state index is 0.0528. The lowest BCUT2D eigenvalue weighted by molar-refractivity contribution is -0.132. The number of amides is 1. The Kier molecular flexibility index (Phi) is 5.59. The Morgan fingerprint density at radius 3 is 2.43 bits per heavy atom. The predicted molar refractivity (Wildman–Crippen MR) is 134 cm³/mol. The van der Waals surface area contributed by atoms with E-state index in [0.717, 1.165) is 28.9 Å². The summed E-state index contributed by atoms with van der Waals surface area (Å²) in [5.41, 5.74) is 4.90. The summed E-state index contributed by atoms with van der Waals surface area (Å²) < 4.78 is 11.1. The maximum atomic E-state index is 13.4. The smallest absolute Gasteiger partial charge is 0.300 e. The maximum absolute atomic E-state index is 13.4. The normalized spacial score (nSPS) is 20.6. The molecule has 0 bridgehead atoms. The van der Waals surface area contributed by atoms with Gasteiger partial charge >= 0.3 is 0 Å². The van der Waals surface area contributed by atoms with Crippen molar-refractivity contribution in [3.8, 4) is 11.5 Å². The van der Waals surface area contributed by atoms with Crippen LogP contribution in [0.5, 0.6) is 11.5 Å². The van der Waals surface area contributed by atoms with Crippen LogP contribution in [0.15, 0.2) is 66.2 Å². The third kappa shape index (κ3) is 3.85. The molecule has 2 aliphatic rings. The number of Topliss-reactive ketones (excluding diaryl/α,β-unsaturated/α-hetero) is 1. The van der Waals surface area contributed by atoms with Crippen LogP contribution in [0, 0.1) is 13.8 Å². The lowest BCUT2D eigenvalue weighted by Crippen LogP contribution is -2.29. The van der Waals surface area contributed by atoms with Crippen LogP contribution in [0.1, 0.15) is 40.8 Å². The minimum Gasteiger partial charge on any atom is -0.507 e. The van der Waals surface area contributed by atoms with Gasteiger partial charge in [-0.2, -0.15) is 0 Å². The zero-order valence-electron chi connectivity index (χ0n) is 20.2. The van der Waals surface area contributed by atoms with Gasteiger partial charge in [-0.1, -0.05) is 18.2 Å². The largest absolute Gasteiger partial charge is 0.507 e. The molecule has 35 heavy (non-hydrogen) atoms. The number of rotatable bonds is 4. The van der Waals surface area contributed by atoms with E-state index in [4.69, 9.17) is 9.47 Å². The first-order valence-corrected chi connectivity index (χ1v) is 11.6. The number of ketones is 1. The summed E-state index contributed by atoms with van der Waals surface area (Å²) in [4.78, 5) is 28.2. The number of nitrogens with zero attached hydrogens (tertiary/aromatic N) is 1. The van der Waals surface area contributed by atoms with Gasteiger partial charge in [-0.15, -0.1) is 0 Å². The van der Waals surface area contributed by atoms with Crippen molar-refractivity contribution in [2.45, 2.75) is 39.3 Å². The maximum Gasteiger partial charge on any atom is 0.300 e. The van der Waals surface area contributed by atoms with Gasteiger partial charge in [0.2, 0.25) is 0 Å². The summed E-state index contributed by atoms with van der Waals surface area (Å²) in [6.07, 6.45) is 0.770. The fourth-order valence-corrected chi connectivity index (χ4v) is 4.80. The average molecular weight is 470 g/mol. The van der Waals surface area contributed by atoms with Crippen molar-refractivity contribution < 1.29 is 24.2 Å². The number of hydrogen-bond acceptors (Lipinski definition) is 5. The third-order valence-corrected chi connectivity index (χ3v) is 6.81. The van der Waals surface area contributed by atoms with Crippen LogP contribution in [0.4, 0.5) is 5.69 Å². The Morgan fingerprint density at radius 1 is 1.00 bits per heavy atom. The van der Waals surface area contributed by atoms with E-state index < -0.39 is 17.7 Å². The molecule has 2 atom stereocenters. The van der Waals surface area contributed by atoms with E-state index in [0.29, 0.717) is 22.6 Å². The van der Waals surface area contributed by atoms with Crippen LogP contribution in [0.2, 0.25) is 0 Å². The summed E-state index contributed by atoms with van der Waals surface area (Å²) in [6, 6.07) is 17.4. The molecule has 3 aromatic carbocycles. The van der Waals surface area contributed by atoms with Crippen LogP contribution in [0.3, 0.4) is 0 Å². The number of methoxy groups -OCH3 is 1. The molecular weight excluding hydrogens is 442 g/mol. The summed E-state index contributed by atoms with van der Waals surface area (Å²) in [6.45, 7) is 5.94. The van der Waals surface area contributed by atoms with Crippen LogP contribution in [-0.4, -0.2) is 30.0 Å². The van der Waals surface area contributed by atoms with Crippen molar-refractivity contribution in [3.05, 3.63) is 94.1 Å². The first-order valence-electron chi connectivity index (χ1n) is 11.6. The van der Waals surface area contributed by atoms with Gasteiger partial charge in [0.1, 0.15) is 23.4 Å². The van der Waals surface area contributed by atoms with Crippen molar-refractivity contribution in [2.75, 3.05) is 12.0 Å². The Labute approximate surface area is 204 Å². The fraction of sp³-hybridized carbons (Fsp3) is 0.241. The van der Waals surface area contributed by atoms with Crippen molar-refractivity contribution in [3.63, 3.8) is 0 Å². The second-order valence-electron chi connectivity index (χ2n) is 9.17. The standard InChI is InChI=1S/C29H27NO5/c1-16-5-9-22(13-17(16)2)30-26(19-6-10-23(34-4)11-7-19)25(28(32)29(30)33)27(31)20-8-12-24-21(15-20)14-18(3)35-24/h5-13,15,18,26,31H,14H2,1-4H3/b27-25-. The molecule has 0 aromatic heterocycles. The van der Waals surface area contributed by atoms with Crippen molar-refractivity contribution >= 4 is 23.1 Å². The first-order chi connectivity index (χ1) is 16.8. The van der Waals surface area contributed by atoms with Gasteiger partial charge in [-0.05, 0) is 85.5 Å². The van der Waals surface area contributed by atoms with E-state index >= 15 is 0 Å². The minimum atomic E-state index is -0.786. The zero-order chi connectivity index (χ0) is 24.9. The van der Waals surface area contributed by atoms with Crippen LogP contribution in [0.25, 0.3) is 5.76 Å². The summed E-state index contributed by atoms with van der Waals surface area (Å²) >= 11 is 0. The Bertz CT molecular complexity index is 1370. The van der Waals surface area contributed by atoms with E-state index in [2.05, 4.69) is 0 Å². The van der Waals surface area contributed by atoms with Crippen molar-refractivity contribution in [1.29, 1.82) is 0 Å². The molecule has 2 unspecified atom stereocenters. The van der Waals surface area contributed by atoms with Crippen LogP contribution < -0.4 is 14.4 Å². The summed E-state index contributed by atoms with van der Waals surface area (Å²) in [5.74, 6) is -0.154. The molecule has 0 aliphatic carbocycles. The van der Waals surface area contributed by atoms with E-state index in [1.54, 1.807) is 31.4 Å². The lowest BCUT2D eigenvalue weighted by atomic mass is 9.94. The molecule has 1 amide bonds. The molecule has 1 N–H and O–H groups in total. The number of aliphatic hydroxyl groups excluding tert-OH is 1. The van der Waals surface area contributed by atoms with E-state index in [1.165, 1.54) is 4.90 Å². The van der Waals surface area contributed by atoms with Gasteiger partial charge < -0.3 is 14.6 Å². The number of aryl methyl sites for hydroxylation is 2. The monoisotopic (exact) mass is 469 g/mol. The highest BCUT2D eigenvalue weighted by Gasteiger charge is 2.47. The van der Waals surface area contributed by atoms with Crippen molar-refractivity contribution in [1.82, 2.24) is 0 Å². The average Bonchev–Trinajstić information content (AvgIpc) is 3.36. The highest BCUT2D eigenvalue weighted by molar-refractivity contribution is 6.51. The number of anilines is 1. The number of fused-ring (bicyclic) bond motifs is 1. The molecule has 0 saturated carbocycles. The number of aliphatic hydroxyl groups is 1. The van der Waals surface area contributed by atoms with Gasteiger partial charge in [-0.3, -0.25) is 14.5 Å². The lowest BCUT2D eigenvalue weighted by Gasteiger charge is -2.26. The molecule has 0 spiro atoms. The molecule has 6 heteroatoms. The SMILES string of the molecule is COc1ccc(C2/C(=C(/O)c3ccc4c(c3)CC(C)O4)C(=O)C(=O)N2c2ccc(C)c(C)c2)cc1. The molecule has 1 saturated heterocycles. The number of carbonyl (C=O) groups excluding carboxylic acids is 2. The highest BCUT2D eigenvalue weighted by atomic mass is 16.5. The van der Waals surface area contributed by atoms with Gasteiger partial charge in [-0.25, -0.2) is 0 Å². The quantitative estimate of drug-likeness (QED) is 0.320. The molecule has 178 valence electrons. The molecule has 0 radical (unpaired) electrons. The summed E-state index contributed by atoms with van der Waals surface area (Å²) in [5, 5.41) is 11.4. The topological polar surface area (TPSA) is 76.1 Å².